The first-order valence-corrected chi connectivity index (χ1v) is 10.3. The van der Waals surface area contributed by atoms with E-state index in [1.165, 1.54) is 25.9 Å². The molecule has 1 saturated carbocycles. The average molecular weight is 356 g/mol. The summed E-state index contributed by atoms with van der Waals surface area (Å²) in [6.07, 6.45) is 6.38. The summed E-state index contributed by atoms with van der Waals surface area (Å²) in [5.74, 6) is 0.882. The lowest BCUT2D eigenvalue weighted by Gasteiger charge is -2.48. The van der Waals surface area contributed by atoms with Crippen LogP contribution in [0.1, 0.15) is 73.6 Å². The molecule has 2 rings (SSSR count). The maximum atomic E-state index is 5.93. The van der Waals surface area contributed by atoms with Gasteiger partial charge in [-0.3, -0.25) is 4.90 Å². The third-order valence-electron chi connectivity index (χ3n) is 5.17. The number of hydrogen-bond acceptors (Lipinski definition) is 4. The Morgan fingerprint density at radius 3 is 2.08 bits per heavy atom. The number of rotatable bonds is 10. The van der Waals surface area contributed by atoms with E-state index in [-0.39, 0.29) is 5.60 Å². The highest BCUT2D eigenvalue weighted by atomic mass is 16.5. The smallest absolute Gasteiger partial charge is 0.0631 e. The molecule has 0 unspecified atom stereocenters. The fourth-order valence-corrected chi connectivity index (χ4v) is 3.54. The van der Waals surface area contributed by atoms with Gasteiger partial charge in [0.05, 0.1) is 17.8 Å². The second-order valence-electron chi connectivity index (χ2n) is 9.87. The van der Waals surface area contributed by atoms with E-state index >= 15 is 0 Å². The van der Waals surface area contributed by atoms with Gasteiger partial charge in [0.1, 0.15) is 0 Å². The van der Waals surface area contributed by atoms with Gasteiger partial charge in [-0.05, 0) is 79.6 Å². The molecule has 4 nitrogen and oxygen atoms in total. The molecule has 4 heteroatoms. The minimum Gasteiger partial charge on any atom is -0.381 e. The normalized spacial score (nSPS) is 25.7. The highest BCUT2D eigenvalue weighted by Gasteiger charge is 2.34. The van der Waals surface area contributed by atoms with E-state index in [4.69, 9.17) is 14.2 Å². The van der Waals surface area contributed by atoms with Gasteiger partial charge in [-0.1, -0.05) is 0 Å². The minimum atomic E-state index is -0.0337. The monoisotopic (exact) mass is 355 g/mol. The van der Waals surface area contributed by atoms with E-state index in [9.17, 15) is 0 Å². The van der Waals surface area contributed by atoms with E-state index in [0.717, 1.165) is 45.0 Å². The van der Waals surface area contributed by atoms with Crippen LogP contribution in [-0.2, 0) is 14.2 Å². The predicted molar refractivity (Wildman–Crippen MR) is 103 cm³/mol. The van der Waals surface area contributed by atoms with Crippen LogP contribution in [0.3, 0.4) is 0 Å². The van der Waals surface area contributed by atoms with Gasteiger partial charge in [0.25, 0.3) is 0 Å². The van der Waals surface area contributed by atoms with Gasteiger partial charge in [-0.25, -0.2) is 0 Å². The fraction of sp³-hybridized carbons (Fsp3) is 1.00. The third kappa shape index (κ3) is 7.94. The van der Waals surface area contributed by atoms with Crippen LogP contribution in [0.4, 0.5) is 0 Å². The molecule has 0 atom stereocenters. The van der Waals surface area contributed by atoms with Gasteiger partial charge < -0.3 is 14.2 Å². The molecule has 0 aromatic heterocycles. The number of ether oxygens (including phenoxy) is 3. The highest BCUT2D eigenvalue weighted by molar-refractivity contribution is 4.88. The van der Waals surface area contributed by atoms with Crippen molar-refractivity contribution < 1.29 is 14.2 Å². The Bertz CT molecular complexity index is 374. The second-order valence-corrected chi connectivity index (χ2v) is 9.87. The molecule has 0 aromatic carbocycles. The molecule has 25 heavy (non-hydrogen) atoms. The average Bonchev–Trinajstić information content (AvgIpc) is 2.37. The Morgan fingerprint density at radius 1 is 0.840 bits per heavy atom. The molecule has 148 valence electrons. The van der Waals surface area contributed by atoms with Gasteiger partial charge in [0.2, 0.25) is 0 Å². The van der Waals surface area contributed by atoms with E-state index in [0.29, 0.717) is 17.7 Å². The van der Waals surface area contributed by atoms with Crippen molar-refractivity contribution in [3.63, 3.8) is 0 Å². The molecule has 1 aliphatic heterocycles. The second kappa shape index (κ2) is 9.16. The SMILES string of the molecule is CC(C)(C)OC1CC(OCCCOCCCC2CN(C(C)(C)C)C2)C1. The van der Waals surface area contributed by atoms with Crippen molar-refractivity contribution in [1.29, 1.82) is 0 Å². The Balaban J connectivity index is 1.33. The first-order valence-electron chi connectivity index (χ1n) is 10.3. The molecule has 1 saturated heterocycles. The van der Waals surface area contributed by atoms with Crippen molar-refractivity contribution >= 4 is 0 Å². The minimum absolute atomic E-state index is 0.0337. The molecule has 0 aromatic rings. The number of nitrogens with zero attached hydrogens (tertiary/aromatic N) is 1. The summed E-state index contributed by atoms with van der Waals surface area (Å²) in [4.78, 5) is 2.56. The Kier molecular flexibility index (Phi) is 7.75. The van der Waals surface area contributed by atoms with Gasteiger partial charge in [-0.15, -0.1) is 0 Å². The van der Waals surface area contributed by atoms with Crippen LogP contribution in [0.2, 0.25) is 0 Å². The van der Waals surface area contributed by atoms with E-state index in [2.05, 4.69) is 46.4 Å². The third-order valence-corrected chi connectivity index (χ3v) is 5.17. The topological polar surface area (TPSA) is 30.9 Å². The number of hydrogen-bond donors (Lipinski definition) is 0. The molecule has 2 aliphatic rings. The molecule has 0 bridgehead atoms. The van der Waals surface area contributed by atoms with Crippen LogP contribution in [0.25, 0.3) is 0 Å². The van der Waals surface area contributed by atoms with Gasteiger partial charge >= 0.3 is 0 Å². The molecule has 0 radical (unpaired) electrons. The Labute approximate surface area is 155 Å². The van der Waals surface area contributed by atoms with Crippen molar-refractivity contribution in [3.05, 3.63) is 0 Å². The largest absolute Gasteiger partial charge is 0.381 e. The summed E-state index contributed by atoms with van der Waals surface area (Å²) >= 11 is 0. The molecular weight excluding hydrogens is 314 g/mol. The molecule has 1 heterocycles. The summed E-state index contributed by atoms with van der Waals surface area (Å²) in [6, 6.07) is 0. The quantitative estimate of drug-likeness (QED) is 0.548. The maximum Gasteiger partial charge on any atom is 0.0631 e. The van der Waals surface area contributed by atoms with Crippen LogP contribution in [0, 0.1) is 5.92 Å². The van der Waals surface area contributed by atoms with Crippen molar-refractivity contribution in [2.45, 2.75) is 97.0 Å². The standard InChI is InChI=1S/C21H41NO3/c1-20(2,3)22-15-17(16-22)9-7-10-23-11-8-12-24-18-13-19(14-18)25-21(4,5)6/h17-19H,7-16H2,1-6H3. The van der Waals surface area contributed by atoms with Gasteiger partial charge in [-0.2, -0.15) is 0 Å². The molecule has 0 amide bonds. The summed E-state index contributed by atoms with van der Waals surface area (Å²) < 4.78 is 17.5. The Hall–Kier alpha value is -0.160. The first kappa shape index (κ1) is 21.1. The zero-order valence-corrected chi connectivity index (χ0v) is 17.5. The summed E-state index contributed by atoms with van der Waals surface area (Å²) in [7, 11) is 0. The fourth-order valence-electron chi connectivity index (χ4n) is 3.54. The zero-order valence-electron chi connectivity index (χ0n) is 17.5. The van der Waals surface area contributed by atoms with Crippen molar-refractivity contribution in [1.82, 2.24) is 4.90 Å². The molecular formula is C21H41NO3. The number of likely N-dealkylation sites (tertiary alicyclic amines) is 1. The summed E-state index contributed by atoms with van der Waals surface area (Å²) in [5, 5.41) is 0. The van der Waals surface area contributed by atoms with E-state index < -0.39 is 0 Å². The van der Waals surface area contributed by atoms with E-state index in [1.807, 2.05) is 0 Å². The van der Waals surface area contributed by atoms with E-state index in [1.54, 1.807) is 0 Å². The zero-order chi connectivity index (χ0) is 18.5. The van der Waals surface area contributed by atoms with Gasteiger partial charge in [0.15, 0.2) is 0 Å². The first-order chi connectivity index (χ1) is 11.6. The van der Waals surface area contributed by atoms with Crippen molar-refractivity contribution in [2.75, 3.05) is 32.9 Å². The molecule has 0 spiro atoms. The highest BCUT2D eigenvalue weighted by Crippen LogP contribution is 2.30. The molecule has 1 aliphatic carbocycles. The van der Waals surface area contributed by atoms with Crippen LogP contribution >= 0.6 is 0 Å². The van der Waals surface area contributed by atoms with Gasteiger partial charge in [0, 0.05) is 38.4 Å². The van der Waals surface area contributed by atoms with Crippen LogP contribution in [-0.4, -0.2) is 61.2 Å². The Morgan fingerprint density at radius 2 is 1.48 bits per heavy atom. The van der Waals surface area contributed by atoms with Crippen LogP contribution in [0.15, 0.2) is 0 Å². The summed E-state index contributed by atoms with van der Waals surface area (Å²) in [6.45, 7) is 18.3. The lowest BCUT2D eigenvalue weighted by molar-refractivity contribution is -0.149. The lowest BCUT2D eigenvalue weighted by atomic mass is 9.89. The van der Waals surface area contributed by atoms with Crippen LogP contribution in [0.5, 0.6) is 0 Å². The van der Waals surface area contributed by atoms with Crippen molar-refractivity contribution in [3.8, 4) is 0 Å². The maximum absolute atomic E-state index is 5.93. The lowest BCUT2D eigenvalue weighted by Crippen LogP contribution is -2.55. The molecule has 2 fully saturated rings. The van der Waals surface area contributed by atoms with Crippen LogP contribution < -0.4 is 0 Å². The summed E-state index contributed by atoms with van der Waals surface area (Å²) in [5.41, 5.74) is 0.306. The molecule has 0 N–H and O–H groups in total. The predicted octanol–water partition coefficient (Wildman–Crippen LogP) is 4.27. The van der Waals surface area contributed by atoms with Crippen molar-refractivity contribution in [2.24, 2.45) is 5.92 Å².